The number of hydrogen-bond donors (Lipinski definition) is 1. The second-order valence-electron chi connectivity index (χ2n) is 8.86. The van der Waals surface area contributed by atoms with Crippen LogP contribution >= 0.6 is 0 Å². The first-order valence-corrected chi connectivity index (χ1v) is 12.9. The molecule has 2 heterocycles. The lowest BCUT2D eigenvalue weighted by Crippen LogP contribution is -2.66. The summed E-state index contributed by atoms with van der Waals surface area (Å²) in [6.07, 6.45) is 2.86. The van der Waals surface area contributed by atoms with Gasteiger partial charge in [-0.1, -0.05) is 84.9 Å². The number of β-amino-alcohol motifs (C(OH)–C–C–N with tert-alkyl or cyclic N) is 1. The van der Waals surface area contributed by atoms with Gasteiger partial charge in [-0.15, -0.1) is 0 Å². The molecule has 0 radical (unpaired) electrons. The van der Waals surface area contributed by atoms with Crippen molar-refractivity contribution in [1.29, 1.82) is 0 Å². The molecule has 4 aromatic rings. The van der Waals surface area contributed by atoms with Crippen LogP contribution in [0.15, 0.2) is 97.2 Å². The highest BCUT2D eigenvalue weighted by Crippen LogP contribution is 2.45. The summed E-state index contributed by atoms with van der Waals surface area (Å²) in [6.45, 7) is 0.477. The first-order chi connectivity index (χ1) is 15.9. The number of hydrogen-bond acceptors (Lipinski definition) is 5. The van der Waals surface area contributed by atoms with E-state index in [9.17, 15) is 13.5 Å². The molecule has 1 aliphatic rings. The molecule has 1 aromatic heterocycles. The maximum atomic E-state index is 13.0. The molecule has 6 heteroatoms. The Kier molecular flexibility index (Phi) is 5.52. The van der Waals surface area contributed by atoms with E-state index in [1.165, 1.54) is 6.26 Å². The lowest BCUT2D eigenvalue weighted by molar-refractivity contribution is -0.112. The SMILES string of the molecule is CS(=O)(=O)C(c1cccc2cccnc12)C1(O)CN(C(c2ccccc2)c2ccccc2)C1. The first kappa shape index (κ1) is 21.8. The summed E-state index contributed by atoms with van der Waals surface area (Å²) >= 11 is 0. The predicted molar refractivity (Wildman–Crippen MR) is 131 cm³/mol. The van der Waals surface area contributed by atoms with Crippen molar-refractivity contribution < 1.29 is 13.5 Å². The molecule has 3 aromatic carbocycles. The van der Waals surface area contributed by atoms with Crippen LogP contribution in [-0.2, 0) is 9.84 Å². The quantitative estimate of drug-likeness (QED) is 0.470. The van der Waals surface area contributed by atoms with Gasteiger partial charge < -0.3 is 5.11 Å². The van der Waals surface area contributed by atoms with Gasteiger partial charge in [0, 0.05) is 30.9 Å². The Labute approximate surface area is 194 Å². The van der Waals surface area contributed by atoms with Crippen LogP contribution in [0, 0.1) is 0 Å². The monoisotopic (exact) mass is 458 g/mol. The average molecular weight is 459 g/mol. The van der Waals surface area contributed by atoms with Gasteiger partial charge in [0.15, 0.2) is 9.84 Å². The fourth-order valence-electron chi connectivity index (χ4n) is 5.15. The van der Waals surface area contributed by atoms with E-state index in [0.717, 1.165) is 16.5 Å². The Morgan fingerprint density at radius 2 is 1.42 bits per heavy atom. The Hall–Kier alpha value is -3.06. The Bertz CT molecular complexity index is 1320. The van der Waals surface area contributed by atoms with Gasteiger partial charge in [-0.25, -0.2) is 8.42 Å². The lowest BCUT2D eigenvalue weighted by Gasteiger charge is -2.53. The minimum Gasteiger partial charge on any atom is -0.385 e. The van der Waals surface area contributed by atoms with E-state index < -0.39 is 20.7 Å². The van der Waals surface area contributed by atoms with Gasteiger partial charge in [0.25, 0.3) is 0 Å². The van der Waals surface area contributed by atoms with Crippen molar-refractivity contribution in [1.82, 2.24) is 9.88 Å². The Balaban J connectivity index is 1.53. The summed E-state index contributed by atoms with van der Waals surface area (Å²) in [4.78, 5) is 6.59. The maximum Gasteiger partial charge on any atom is 0.157 e. The molecule has 0 aliphatic carbocycles. The summed E-state index contributed by atoms with van der Waals surface area (Å²) in [5.74, 6) is 0. The normalized spacial score (nSPS) is 17.1. The van der Waals surface area contributed by atoms with Crippen molar-refractivity contribution in [3.63, 3.8) is 0 Å². The van der Waals surface area contributed by atoms with Crippen molar-refractivity contribution >= 4 is 20.7 Å². The number of rotatable bonds is 6. The number of aliphatic hydroxyl groups is 1. The molecule has 1 atom stereocenters. The third-order valence-corrected chi connectivity index (χ3v) is 7.96. The van der Waals surface area contributed by atoms with E-state index >= 15 is 0 Å². The van der Waals surface area contributed by atoms with E-state index in [0.29, 0.717) is 11.1 Å². The van der Waals surface area contributed by atoms with Crippen molar-refractivity contribution in [3.05, 3.63) is 114 Å². The van der Waals surface area contributed by atoms with Crippen LogP contribution in [0.25, 0.3) is 10.9 Å². The molecule has 0 spiro atoms. The molecule has 0 saturated carbocycles. The largest absolute Gasteiger partial charge is 0.385 e. The minimum absolute atomic E-state index is 0.0708. The number of fused-ring (bicyclic) bond motifs is 1. The molecule has 1 fully saturated rings. The van der Waals surface area contributed by atoms with Crippen molar-refractivity contribution in [3.8, 4) is 0 Å². The van der Waals surface area contributed by atoms with E-state index in [1.807, 2.05) is 60.7 Å². The number of nitrogens with zero attached hydrogens (tertiary/aromatic N) is 2. The van der Waals surface area contributed by atoms with E-state index in [1.54, 1.807) is 12.3 Å². The zero-order valence-electron chi connectivity index (χ0n) is 18.4. The van der Waals surface area contributed by atoms with Crippen molar-refractivity contribution in [2.45, 2.75) is 16.9 Å². The molecule has 1 saturated heterocycles. The number of likely N-dealkylation sites (tertiary alicyclic amines) is 1. The Morgan fingerprint density at radius 3 is 2.00 bits per heavy atom. The van der Waals surface area contributed by atoms with E-state index in [4.69, 9.17) is 0 Å². The van der Waals surface area contributed by atoms with E-state index in [2.05, 4.69) is 34.1 Å². The summed E-state index contributed by atoms with van der Waals surface area (Å²) in [5, 5.41) is 11.5. The number of aromatic nitrogens is 1. The van der Waals surface area contributed by atoms with Crippen LogP contribution in [-0.4, -0.2) is 48.4 Å². The lowest BCUT2D eigenvalue weighted by atomic mass is 9.82. The van der Waals surface area contributed by atoms with Crippen LogP contribution in [0.2, 0.25) is 0 Å². The topological polar surface area (TPSA) is 70.5 Å². The fraction of sp³-hybridized carbons (Fsp3) is 0.222. The number of sulfone groups is 1. The highest BCUT2D eigenvalue weighted by Gasteiger charge is 2.54. The average Bonchev–Trinajstić information content (AvgIpc) is 2.79. The highest BCUT2D eigenvalue weighted by atomic mass is 32.2. The third kappa shape index (κ3) is 4.06. The first-order valence-electron chi connectivity index (χ1n) is 11.0. The van der Waals surface area contributed by atoms with Crippen molar-refractivity contribution in [2.24, 2.45) is 0 Å². The summed E-state index contributed by atoms with van der Waals surface area (Å²) < 4.78 is 26.1. The molecule has 5 rings (SSSR count). The van der Waals surface area contributed by atoms with Crippen LogP contribution in [0.4, 0.5) is 0 Å². The summed E-state index contributed by atoms with van der Waals surface area (Å²) in [7, 11) is -3.62. The minimum atomic E-state index is -3.62. The molecule has 0 amide bonds. The molecule has 168 valence electrons. The van der Waals surface area contributed by atoms with Crippen LogP contribution in [0.3, 0.4) is 0 Å². The third-order valence-electron chi connectivity index (χ3n) is 6.41. The van der Waals surface area contributed by atoms with Gasteiger partial charge >= 0.3 is 0 Å². The van der Waals surface area contributed by atoms with Crippen molar-refractivity contribution in [2.75, 3.05) is 19.3 Å². The summed E-state index contributed by atoms with van der Waals surface area (Å²) in [6, 6.07) is 29.4. The Morgan fingerprint density at radius 1 is 0.848 bits per heavy atom. The number of para-hydroxylation sites is 1. The second-order valence-corrected chi connectivity index (χ2v) is 11.0. The number of benzene rings is 3. The second kappa shape index (κ2) is 8.37. The highest BCUT2D eigenvalue weighted by molar-refractivity contribution is 7.91. The van der Waals surface area contributed by atoms with Gasteiger partial charge in [-0.05, 0) is 22.8 Å². The molecule has 5 nitrogen and oxygen atoms in total. The zero-order valence-corrected chi connectivity index (χ0v) is 19.2. The molecular formula is C27H26N2O3S. The predicted octanol–water partition coefficient (Wildman–Crippen LogP) is 4.16. The van der Waals surface area contributed by atoms with Crippen LogP contribution in [0.1, 0.15) is 28.0 Å². The van der Waals surface area contributed by atoms with Gasteiger partial charge in [0.2, 0.25) is 0 Å². The molecular weight excluding hydrogens is 432 g/mol. The van der Waals surface area contributed by atoms with E-state index in [-0.39, 0.29) is 19.1 Å². The molecule has 1 N–H and O–H groups in total. The van der Waals surface area contributed by atoms with Gasteiger partial charge in [0.05, 0.1) is 11.6 Å². The van der Waals surface area contributed by atoms with Gasteiger partial charge in [-0.2, -0.15) is 0 Å². The maximum absolute atomic E-state index is 13.0. The molecule has 1 unspecified atom stereocenters. The standard InChI is InChI=1S/C27H26N2O3S/c1-33(31,32)26(23-16-8-14-20-15-9-17-28-24(20)23)27(30)18-29(19-27)25(21-10-4-2-5-11-21)22-12-6-3-7-13-22/h2-17,25-26,30H,18-19H2,1H3. The van der Waals surface area contributed by atoms with Gasteiger partial charge in [-0.3, -0.25) is 9.88 Å². The van der Waals surface area contributed by atoms with Crippen LogP contribution < -0.4 is 0 Å². The number of pyridine rings is 1. The molecule has 33 heavy (non-hydrogen) atoms. The molecule has 0 bridgehead atoms. The van der Waals surface area contributed by atoms with Gasteiger partial charge in [0.1, 0.15) is 10.9 Å². The zero-order chi connectivity index (χ0) is 23.1. The fourth-order valence-corrected chi connectivity index (χ4v) is 6.75. The van der Waals surface area contributed by atoms with Crippen LogP contribution in [0.5, 0.6) is 0 Å². The smallest absolute Gasteiger partial charge is 0.157 e. The summed E-state index contributed by atoms with van der Waals surface area (Å²) in [5.41, 5.74) is 1.96. The molecule has 1 aliphatic heterocycles.